The molecule has 0 saturated carbocycles. The smallest absolute Gasteiger partial charge is 0.107 e. The number of pyridine rings is 1. The van der Waals surface area contributed by atoms with Crippen LogP contribution in [0.1, 0.15) is 34.0 Å². The quantitative estimate of drug-likeness (QED) is 0.806. The Labute approximate surface area is 130 Å². The zero-order valence-corrected chi connectivity index (χ0v) is 13.3. The van der Waals surface area contributed by atoms with Crippen molar-refractivity contribution in [1.82, 2.24) is 15.3 Å². The van der Waals surface area contributed by atoms with E-state index in [4.69, 9.17) is 4.98 Å². The number of aromatic nitrogens is 2. The van der Waals surface area contributed by atoms with Gasteiger partial charge in [0.1, 0.15) is 5.01 Å². The van der Waals surface area contributed by atoms with Crippen LogP contribution in [-0.2, 0) is 19.4 Å². The lowest BCUT2D eigenvalue weighted by Crippen LogP contribution is -2.22. The van der Waals surface area contributed by atoms with Crippen molar-refractivity contribution >= 4 is 17.0 Å². The van der Waals surface area contributed by atoms with Crippen LogP contribution in [0.2, 0.25) is 0 Å². The summed E-state index contributed by atoms with van der Waals surface area (Å²) >= 11 is 1.89. The van der Waals surface area contributed by atoms with E-state index in [-0.39, 0.29) is 0 Å². The second-order valence-corrected chi connectivity index (χ2v) is 6.65. The van der Waals surface area contributed by atoms with Crippen molar-refractivity contribution in [3.8, 4) is 0 Å². The topological polar surface area (TPSA) is 49.8 Å². The predicted octanol–water partition coefficient (Wildman–Crippen LogP) is 2.93. The van der Waals surface area contributed by atoms with Crippen molar-refractivity contribution in [2.24, 2.45) is 0 Å². The molecule has 0 radical (unpaired) electrons. The lowest BCUT2D eigenvalue weighted by atomic mass is 10.0. The van der Waals surface area contributed by atoms with E-state index in [9.17, 15) is 0 Å². The average Bonchev–Trinajstić information content (AvgIpc) is 2.91. The summed E-state index contributed by atoms with van der Waals surface area (Å²) in [4.78, 5) is 10.4. The standard InChI is InChI=1S/C16H22N4S/c1-12-10-17-7-6-13(12)19-9-8-18-11-16-20-14-4-2-3-5-15(14)21-16/h6-7,10,18H,2-5,8-9,11H2,1H3,(H,17,19). The van der Waals surface area contributed by atoms with Crippen molar-refractivity contribution in [1.29, 1.82) is 0 Å². The second kappa shape index (κ2) is 7.00. The van der Waals surface area contributed by atoms with Crippen molar-refractivity contribution in [2.45, 2.75) is 39.2 Å². The summed E-state index contributed by atoms with van der Waals surface area (Å²) < 4.78 is 0. The molecule has 0 aliphatic heterocycles. The SMILES string of the molecule is Cc1cnccc1NCCNCc1nc2c(s1)CCCC2. The highest BCUT2D eigenvalue weighted by atomic mass is 32.1. The monoisotopic (exact) mass is 302 g/mol. The van der Waals surface area contributed by atoms with E-state index in [0.29, 0.717) is 0 Å². The first-order valence-electron chi connectivity index (χ1n) is 7.65. The molecule has 0 bridgehead atoms. The fourth-order valence-electron chi connectivity index (χ4n) is 2.63. The van der Waals surface area contributed by atoms with Crippen LogP contribution >= 0.6 is 11.3 Å². The molecule has 2 aromatic rings. The Hall–Kier alpha value is -1.46. The molecular formula is C16H22N4S. The number of thiazole rings is 1. The number of nitrogens with zero attached hydrogens (tertiary/aromatic N) is 2. The molecule has 0 fully saturated rings. The number of nitrogens with one attached hydrogen (secondary N) is 2. The summed E-state index contributed by atoms with van der Waals surface area (Å²) in [5.41, 5.74) is 3.70. The lowest BCUT2D eigenvalue weighted by molar-refractivity contribution is 0.671. The maximum absolute atomic E-state index is 4.75. The van der Waals surface area contributed by atoms with Crippen LogP contribution < -0.4 is 10.6 Å². The Morgan fingerprint density at radius 3 is 3.00 bits per heavy atom. The van der Waals surface area contributed by atoms with E-state index in [1.54, 1.807) is 0 Å². The van der Waals surface area contributed by atoms with Crippen LogP contribution in [-0.4, -0.2) is 23.1 Å². The molecule has 0 aromatic carbocycles. The van der Waals surface area contributed by atoms with E-state index in [0.717, 1.165) is 25.3 Å². The van der Waals surface area contributed by atoms with E-state index >= 15 is 0 Å². The minimum absolute atomic E-state index is 0.884. The number of aryl methyl sites for hydroxylation is 3. The van der Waals surface area contributed by atoms with E-state index in [2.05, 4.69) is 22.5 Å². The summed E-state index contributed by atoms with van der Waals surface area (Å²) in [6, 6.07) is 2.02. The molecule has 112 valence electrons. The van der Waals surface area contributed by atoms with Crippen LogP contribution in [0, 0.1) is 6.92 Å². The van der Waals surface area contributed by atoms with Gasteiger partial charge in [0.25, 0.3) is 0 Å². The Balaban J connectivity index is 1.40. The van der Waals surface area contributed by atoms with Gasteiger partial charge in [-0.3, -0.25) is 4.98 Å². The third-order valence-corrected chi connectivity index (χ3v) is 4.96. The van der Waals surface area contributed by atoms with Crippen molar-refractivity contribution in [3.63, 3.8) is 0 Å². The summed E-state index contributed by atoms with van der Waals surface area (Å²) in [6.07, 6.45) is 8.75. The van der Waals surface area contributed by atoms with Gasteiger partial charge in [0, 0.05) is 42.6 Å². The average molecular weight is 302 g/mol. The summed E-state index contributed by atoms with van der Waals surface area (Å²) in [5.74, 6) is 0. The van der Waals surface area contributed by atoms with Gasteiger partial charge in [-0.1, -0.05) is 0 Å². The summed E-state index contributed by atoms with van der Waals surface area (Å²) in [6.45, 7) is 4.81. The fraction of sp³-hybridized carbons (Fsp3) is 0.500. The Kier molecular flexibility index (Phi) is 4.83. The number of anilines is 1. The van der Waals surface area contributed by atoms with Gasteiger partial charge in [0.15, 0.2) is 0 Å². The zero-order valence-electron chi connectivity index (χ0n) is 12.5. The normalized spacial score (nSPS) is 14.0. The summed E-state index contributed by atoms with van der Waals surface area (Å²) in [5, 5.41) is 8.14. The van der Waals surface area contributed by atoms with Crippen LogP contribution in [0.5, 0.6) is 0 Å². The van der Waals surface area contributed by atoms with Gasteiger partial charge in [0.2, 0.25) is 0 Å². The fourth-order valence-corrected chi connectivity index (χ4v) is 3.76. The van der Waals surface area contributed by atoms with Gasteiger partial charge in [-0.25, -0.2) is 4.98 Å². The molecule has 2 N–H and O–H groups in total. The van der Waals surface area contributed by atoms with E-state index in [1.165, 1.54) is 46.8 Å². The molecule has 1 aliphatic rings. The predicted molar refractivity (Wildman–Crippen MR) is 87.9 cm³/mol. The minimum Gasteiger partial charge on any atom is -0.383 e. The van der Waals surface area contributed by atoms with Crippen LogP contribution in [0.3, 0.4) is 0 Å². The maximum Gasteiger partial charge on any atom is 0.107 e. The Morgan fingerprint density at radius 2 is 2.14 bits per heavy atom. The van der Waals surface area contributed by atoms with Gasteiger partial charge in [0.05, 0.1) is 5.69 Å². The molecule has 4 nitrogen and oxygen atoms in total. The molecule has 0 amide bonds. The minimum atomic E-state index is 0.884. The van der Waals surface area contributed by atoms with E-state index in [1.807, 2.05) is 29.8 Å². The summed E-state index contributed by atoms with van der Waals surface area (Å²) in [7, 11) is 0. The van der Waals surface area contributed by atoms with Crippen molar-refractivity contribution < 1.29 is 0 Å². The molecule has 0 spiro atoms. The van der Waals surface area contributed by atoms with Gasteiger partial charge < -0.3 is 10.6 Å². The molecule has 0 unspecified atom stereocenters. The van der Waals surface area contributed by atoms with E-state index < -0.39 is 0 Å². The van der Waals surface area contributed by atoms with Gasteiger partial charge in [-0.05, 0) is 44.2 Å². The lowest BCUT2D eigenvalue weighted by Gasteiger charge is -2.09. The first-order chi connectivity index (χ1) is 10.3. The van der Waals surface area contributed by atoms with Crippen LogP contribution in [0.15, 0.2) is 18.5 Å². The molecule has 5 heteroatoms. The van der Waals surface area contributed by atoms with Crippen LogP contribution in [0.4, 0.5) is 5.69 Å². The number of rotatable bonds is 6. The van der Waals surface area contributed by atoms with Gasteiger partial charge in [-0.15, -0.1) is 11.3 Å². The molecule has 1 aliphatic carbocycles. The molecule has 0 saturated heterocycles. The Bertz CT molecular complexity index is 570. The Morgan fingerprint density at radius 1 is 1.24 bits per heavy atom. The molecular weight excluding hydrogens is 280 g/mol. The highest BCUT2D eigenvalue weighted by molar-refractivity contribution is 7.11. The molecule has 2 heterocycles. The van der Waals surface area contributed by atoms with Gasteiger partial charge in [-0.2, -0.15) is 0 Å². The third kappa shape index (κ3) is 3.80. The molecule has 21 heavy (non-hydrogen) atoms. The molecule has 3 rings (SSSR count). The highest BCUT2D eigenvalue weighted by Crippen LogP contribution is 2.26. The number of fused-ring (bicyclic) bond motifs is 1. The van der Waals surface area contributed by atoms with Crippen LogP contribution in [0.25, 0.3) is 0 Å². The van der Waals surface area contributed by atoms with Crippen molar-refractivity contribution in [3.05, 3.63) is 39.6 Å². The zero-order chi connectivity index (χ0) is 14.5. The largest absolute Gasteiger partial charge is 0.383 e. The first-order valence-corrected chi connectivity index (χ1v) is 8.47. The molecule has 0 atom stereocenters. The highest BCUT2D eigenvalue weighted by Gasteiger charge is 2.14. The maximum atomic E-state index is 4.75. The van der Waals surface area contributed by atoms with Crippen molar-refractivity contribution in [2.75, 3.05) is 18.4 Å². The van der Waals surface area contributed by atoms with Gasteiger partial charge >= 0.3 is 0 Å². The second-order valence-electron chi connectivity index (χ2n) is 5.48. The number of hydrogen-bond acceptors (Lipinski definition) is 5. The molecule has 2 aromatic heterocycles. The first kappa shape index (κ1) is 14.5. The number of hydrogen-bond donors (Lipinski definition) is 2. The third-order valence-electron chi connectivity index (χ3n) is 3.80.